The van der Waals surface area contributed by atoms with Crippen LogP contribution in [-0.4, -0.2) is 51.9 Å². The zero-order valence-electron chi connectivity index (χ0n) is 23.4. The maximum atomic E-state index is 14.1. The van der Waals surface area contributed by atoms with Crippen LogP contribution in [0.3, 0.4) is 0 Å². The minimum absolute atomic E-state index is 0.0263. The van der Waals surface area contributed by atoms with Crippen molar-refractivity contribution in [2.24, 2.45) is 0 Å². The van der Waals surface area contributed by atoms with Crippen LogP contribution in [0.25, 0.3) is 0 Å². The van der Waals surface area contributed by atoms with Gasteiger partial charge in [-0.3, -0.25) is 9.59 Å². The molecule has 0 fully saturated rings. The standard InChI is InChI=1S/C32H34FN5O4/c1-2-17-38(28-11-7-4-8-12-28)30(39)21-37(20-24-13-15-26(33)16-14-24)31(40)29(18-27-19-34-23-35-27)36-32(41)42-22-25-9-5-3-6-10-25/h3-16,19,23,29H,2,17-18,20-22H2,1H3,(H,34,35)(H,36,41). The molecule has 1 heterocycles. The van der Waals surface area contributed by atoms with Gasteiger partial charge in [0.15, 0.2) is 0 Å². The fourth-order valence-electron chi connectivity index (χ4n) is 4.44. The van der Waals surface area contributed by atoms with E-state index in [1.165, 1.54) is 23.4 Å². The third-order valence-corrected chi connectivity index (χ3v) is 6.52. The zero-order chi connectivity index (χ0) is 29.7. The normalized spacial score (nSPS) is 11.4. The number of halogens is 1. The molecule has 0 saturated carbocycles. The van der Waals surface area contributed by atoms with Crippen molar-refractivity contribution in [1.29, 1.82) is 0 Å². The number of aromatic nitrogens is 2. The van der Waals surface area contributed by atoms with Crippen molar-refractivity contribution in [3.8, 4) is 0 Å². The molecule has 2 N–H and O–H groups in total. The molecule has 3 amide bonds. The average Bonchev–Trinajstić information content (AvgIpc) is 3.53. The van der Waals surface area contributed by atoms with Gasteiger partial charge < -0.3 is 24.8 Å². The topological polar surface area (TPSA) is 108 Å². The summed E-state index contributed by atoms with van der Waals surface area (Å²) in [5.74, 6) is -1.19. The summed E-state index contributed by atoms with van der Waals surface area (Å²) >= 11 is 0. The summed E-state index contributed by atoms with van der Waals surface area (Å²) in [6.45, 7) is 2.22. The number of anilines is 1. The molecule has 0 aliphatic carbocycles. The first-order valence-electron chi connectivity index (χ1n) is 13.8. The Hall–Kier alpha value is -4.99. The quantitative estimate of drug-likeness (QED) is 0.238. The lowest BCUT2D eigenvalue weighted by Gasteiger charge is -2.30. The molecule has 4 aromatic rings. The maximum absolute atomic E-state index is 14.1. The largest absolute Gasteiger partial charge is 0.445 e. The second-order valence-corrected chi connectivity index (χ2v) is 9.74. The third kappa shape index (κ3) is 8.76. The first-order chi connectivity index (χ1) is 20.4. The highest BCUT2D eigenvalue weighted by Gasteiger charge is 2.30. The number of alkyl carbamates (subject to hydrolysis) is 1. The van der Waals surface area contributed by atoms with Crippen LogP contribution in [0.1, 0.15) is 30.2 Å². The SMILES string of the molecule is CCCN(C(=O)CN(Cc1ccc(F)cc1)C(=O)C(Cc1cnc[nH]1)NC(=O)OCc1ccccc1)c1ccccc1. The molecule has 3 aromatic carbocycles. The third-order valence-electron chi connectivity index (χ3n) is 6.52. The van der Waals surface area contributed by atoms with E-state index in [4.69, 9.17) is 4.74 Å². The lowest BCUT2D eigenvalue weighted by molar-refractivity contribution is -0.137. The van der Waals surface area contributed by atoms with E-state index in [-0.39, 0.29) is 32.0 Å². The highest BCUT2D eigenvalue weighted by molar-refractivity contribution is 5.97. The van der Waals surface area contributed by atoms with Crippen LogP contribution < -0.4 is 10.2 Å². The summed E-state index contributed by atoms with van der Waals surface area (Å²) < 4.78 is 19.0. The van der Waals surface area contributed by atoms with Crippen LogP contribution in [0.5, 0.6) is 0 Å². The van der Waals surface area contributed by atoms with Gasteiger partial charge in [-0.2, -0.15) is 0 Å². The van der Waals surface area contributed by atoms with Crippen LogP contribution in [0.15, 0.2) is 97.5 Å². The van der Waals surface area contributed by atoms with Gasteiger partial charge in [0.05, 0.1) is 6.33 Å². The molecule has 0 bridgehead atoms. The Kier molecular flexibility index (Phi) is 10.8. The number of amides is 3. The molecule has 1 unspecified atom stereocenters. The van der Waals surface area contributed by atoms with Gasteiger partial charge in [0, 0.05) is 37.1 Å². The molecule has 0 radical (unpaired) electrons. The van der Waals surface area contributed by atoms with Crippen molar-refractivity contribution < 1.29 is 23.5 Å². The number of para-hydroxylation sites is 1. The molecule has 42 heavy (non-hydrogen) atoms. The van der Waals surface area contributed by atoms with Crippen LogP contribution >= 0.6 is 0 Å². The maximum Gasteiger partial charge on any atom is 0.408 e. The molecule has 0 saturated heterocycles. The van der Waals surface area contributed by atoms with Crippen molar-refractivity contribution in [3.63, 3.8) is 0 Å². The van der Waals surface area contributed by atoms with Crippen molar-refractivity contribution >= 4 is 23.6 Å². The summed E-state index contributed by atoms with van der Waals surface area (Å²) in [5, 5.41) is 2.67. The number of ether oxygens (including phenoxy) is 1. The Balaban J connectivity index is 1.57. The van der Waals surface area contributed by atoms with Crippen molar-refractivity contribution in [2.45, 2.75) is 39.0 Å². The summed E-state index contributed by atoms with van der Waals surface area (Å²) in [5.41, 5.74) is 2.76. The fourth-order valence-corrected chi connectivity index (χ4v) is 4.44. The first-order valence-corrected chi connectivity index (χ1v) is 13.8. The van der Waals surface area contributed by atoms with E-state index in [0.717, 1.165) is 11.3 Å². The van der Waals surface area contributed by atoms with E-state index >= 15 is 0 Å². The minimum atomic E-state index is -1.07. The van der Waals surface area contributed by atoms with Gasteiger partial charge in [0.1, 0.15) is 25.0 Å². The Labute approximate surface area is 244 Å². The van der Waals surface area contributed by atoms with Gasteiger partial charge in [0.25, 0.3) is 0 Å². The number of carbonyl (C=O) groups is 3. The number of hydrogen-bond acceptors (Lipinski definition) is 5. The van der Waals surface area contributed by atoms with Crippen LogP contribution in [-0.2, 0) is 33.9 Å². The van der Waals surface area contributed by atoms with E-state index < -0.39 is 23.9 Å². The van der Waals surface area contributed by atoms with Crippen LogP contribution in [0.2, 0.25) is 0 Å². The molecule has 9 nitrogen and oxygen atoms in total. The second kappa shape index (κ2) is 15.1. The molecule has 0 spiro atoms. The lowest BCUT2D eigenvalue weighted by Crippen LogP contribution is -2.52. The number of aromatic amines is 1. The highest BCUT2D eigenvalue weighted by atomic mass is 19.1. The predicted octanol–water partition coefficient (Wildman–Crippen LogP) is 4.86. The van der Waals surface area contributed by atoms with Gasteiger partial charge in [-0.25, -0.2) is 14.2 Å². The minimum Gasteiger partial charge on any atom is -0.445 e. The Morgan fingerprint density at radius 3 is 2.29 bits per heavy atom. The Morgan fingerprint density at radius 1 is 0.952 bits per heavy atom. The second-order valence-electron chi connectivity index (χ2n) is 9.74. The number of imidazole rings is 1. The fraction of sp³-hybridized carbons (Fsp3) is 0.250. The number of nitrogens with zero attached hydrogens (tertiary/aromatic N) is 3. The van der Waals surface area contributed by atoms with E-state index in [2.05, 4.69) is 15.3 Å². The Bertz CT molecular complexity index is 1420. The summed E-state index contributed by atoms with van der Waals surface area (Å²) in [6, 6.07) is 23.1. The monoisotopic (exact) mass is 571 g/mol. The molecule has 1 aromatic heterocycles. The van der Waals surface area contributed by atoms with E-state index in [1.54, 1.807) is 23.2 Å². The first kappa shape index (κ1) is 30.0. The molecule has 218 valence electrons. The van der Waals surface area contributed by atoms with Gasteiger partial charge in [-0.15, -0.1) is 0 Å². The number of hydrogen-bond donors (Lipinski definition) is 2. The number of benzene rings is 3. The molecule has 0 aliphatic rings. The van der Waals surface area contributed by atoms with E-state index in [9.17, 15) is 18.8 Å². The summed E-state index contributed by atoms with van der Waals surface area (Å²) in [6.07, 6.45) is 3.06. The smallest absolute Gasteiger partial charge is 0.408 e. The molecular formula is C32H34FN5O4. The van der Waals surface area contributed by atoms with E-state index in [0.29, 0.717) is 24.2 Å². The number of carbonyl (C=O) groups excluding carboxylic acids is 3. The molecule has 0 aliphatic heterocycles. The van der Waals surface area contributed by atoms with Crippen molar-refractivity contribution in [1.82, 2.24) is 20.2 Å². The predicted molar refractivity (Wildman–Crippen MR) is 157 cm³/mol. The zero-order valence-corrected chi connectivity index (χ0v) is 23.4. The Morgan fingerprint density at radius 2 is 1.64 bits per heavy atom. The molecule has 4 rings (SSSR count). The number of nitrogens with one attached hydrogen (secondary N) is 2. The van der Waals surface area contributed by atoms with Gasteiger partial charge >= 0.3 is 6.09 Å². The highest BCUT2D eigenvalue weighted by Crippen LogP contribution is 2.17. The summed E-state index contributed by atoms with van der Waals surface area (Å²) in [7, 11) is 0. The number of H-pyrrole nitrogens is 1. The van der Waals surface area contributed by atoms with Crippen molar-refractivity contribution in [2.75, 3.05) is 18.0 Å². The molecule has 10 heteroatoms. The van der Waals surface area contributed by atoms with Crippen LogP contribution in [0.4, 0.5) is 14.9 Å². The van der Waals surface area contributed by atoms with Gasteiger partial charge in [-0.1, -0.05) is 67.6 Å². The average molecular weight is 572 g/mol. The van der Waals surface area contributed by atoms with Crippen LogP contribution in [0, 0.1) is 5.82 Å². The van der Waals surface area contributed by atoms with E-state index in [1.807, 2.05) is 67.6 Å². The van der Waals surface area contributed by atoms with Gasteiger partial charge in [-0.05, 0) is 41.8 Å². The van der Waals surface area contributed by atoms with Crippen molar-refractivity contribution in [3.05, 3.63) is 120 Å². The molecular weight excluding hydrogens is 537 g/mol. The number of rotatable bonds is 13. The molecule has 1 atom stereocenters. The van der Waals surface area contributed by atoms with Gasteiger partial charge in [0.2, 0.25) is 11.8 Å². The lowest BCUT2D eigenvalue weighted by atomic mass is 10.1. The summed E-state index contributed by atoms with van der Waals surface area (Å²) in [4.78, 5) is 50.5.